The molecule has 33 heavy (non-hydrogen) atoms. The predicted molar refractivity (Wildman–Crippen MR) is 134 cm³/mol. The summed E-state index contributed by atoms with van der Waals surface area (Å²) in [6, 6.07) is 12.7. The van der Waals surface area contributed by atoms with Crippen molar-refractivity contribution < 1.29 is 9.18 Å². The summed E-state index contributed by atoms with van der Waals surface area (Å²) in [5, 5.41) is 7.38. The van der Waals surface area contributed by atoms with Crippen LogP contribution in [0.1, 0.15) is 39.7 Å². The van der Waals surface area contributed by atoms with E-state index in [9.17, 15) is 9.18 Å². The van der Waals surface area contributed by atoms with Gasteiger partial charge in [0.2, 0.25) is 0 Å². The van der Waals surface area contributed by atoms with Crippen molar-refractivity contribution in [2.24, 2.45) is 24.2 Å². The lowest BCUT2D eigenvalue weighted by molar-refractivity contribution is -0.128. The van der Waals surface area contributed by atoms with E-state index in [0.29, 0.717) is 5.92 Å². The maximum absolute atomic E-state index is 13.0. The summed E-state index contributed by atoms with van der Waals surface area (Å²) in [5.41, 5.74) is 3.94. The first-order valence-electron chi connectivity index (χ1n) is 11.1. The van der Waals surface area contributed by atoms with Crippen molar-refractivity contribution >= 4 is 16.7 Å². The fourth-order valence-corrected chi connectivity index (χ4v) is 4.23. The number of ketones is 1. The van der Waals surface area contributed by atoms with E-state index in [1.165, 1.54) is 17.7 Å². The van der Waals surface area contributed by atoms with E-state index < -0.39 is 0 Å². The van der Waals surface area contributed by atoms with Gasteiger partial charge in [0.25, 0.3) is 0 Å². The average molecular weight is 451 g/mol. The molecule has 2 N–H and O–H groups in total. The maximum Gasteiger partial charge on any atom is 0.137 e. The van der Waals surface area contributed by atoms with Gasteiger partial charge in [-0.3, -0.25) is 15.3 Å². The monoisotopic (exact) mass is 450 g/mol. The summed E-state index contributed by atoms with van der Waals surface area (Å²) in [7, 11) is 1.92. The van der Waals surface area contributed by atoms with E-state index >= 15 is 0 Å². The van der Waals surface area contributed by atoms with E-state index in [-0.39, 0.29) is 17.0 Å². The molecular formula is C27H35FN4O. The Bertz CT molecular complexity index is 1130. The van der Waals surface area contributed by atoms with Crippen LogP contribution in [0, 0.1) is 36.4 Å². The molecule has 0 saturated carbocycles. The molecule has 1 aromatic heterocycles. The Labute approximate surface area is 196 Å². The van der Waals surface area contributed by atoms with Gasteiger partial charge in [0.05, 0.1) is 5.52 Å². The molecule has 0 spiro atoms. The van der Waals surface area contributed by atoms with Gasteiger partial charge in [0.1, 0.15) is 17.3 Å². The van der Waals surface area contributed by atoms with Crippen LogP contribution < -0.4 is 5.84 Å². The van der Waals surface area contributed by atoms with E-state index in [2.05, 4.69) is 56.4 Å². The number of hydrazine groups is 1. The molecule has 1 unspecified atom stereocenters. The SMILES string of the molecule is C#CC.CC(=O)C1(C(C)C)CCN(N)C1.Cc1ccc2c(c1)c(-c1ccc(F)cc1)nn2C. The number of halogens is 1. The van der Waals surface area contributed by atoms with Crippen LogP contribution in [0.4, 0.5) is 4.39 Å². The normalized spacial score (nSPS) is 17.7. The smallest absolute Gasteiger partial charge is 0.137 e. The van der Waals surface area contributed by atoms with Gasteiger partial charge in [-0.05, 0) is 69.5 Å². The number of nitrogens with zero attached hydrogens (tertiary/aromatic N) is 3. The number of carbonyl (C=O) groups excluding carboxylic acids is 1. The number of fused-ring (bicyclic) bond motifs is 1. The van der Waals surface area contributed by atoms with Gasteiger partial charge in [-0.15, -0.1) is 12.3 Å². The highest BCUT2D eigenvalue weighted by molar-refractivity contribution is 5.93. The molecule has 0 aliphatic carbocycles. The molecule has 1 fully saturated rings. The van der Waals surface area contributed by atoms with Crippen molar-refractivity contribution in [3.63, 3.8) is 0 Å². The summed E-state index contributed by atoms with van der Waals surface area (Å²) < 4.78 is 14.8. The topological polar surface area (TPSA) is 64.2 Å². The molecule has 2 aromatic carbocycles. The number of aryl methyl sites for hydroxylation is 2. The van der Waals surface area contributed by atoms with Crippen molar-refractivity contribution in [1.82, 2.24) is 14.8 Å². The van der Waals surface area contributed by atoms with Crippen molar-refractivity contribution in [3.8, 4) is 23.6 Å². The Morgan fingerprint density at radius 2 is 1.85 bits per heavy atom. The van der Waals surface area contributed by atoms with Crippen molar-refractivity contribution in [3.05, 3.63) is 53.8 Å². The first-order valence-corrected chi connectivity index (χ1v) is 11.1. The molecule has 2 heterocycles. The molecule has 176 valence electrons. The van der Waals surface area contributed by atoms with Crippen LogP contribution >= 0.6 is 0 Å². The first-order chi connectivity index (χ1) is 15.5. The Morgan fingerprint density at radius 1 is 1.24 bits per heavy atom. The molecule has 0 amide bonds. The van der Waals surface area contributed by atoms with Gasteiger partial charge in [-0.1, -0.05) is 25.5 Å². The Balaban J connectivity index is 0.000000223. The van der Waals surface area contributed by atoms with Crippen LogP contribution in [-0.2, 0) is 11.8 Å². The maximum atomic E-state index is 13.0. The largest absolute Gasteiger partial charge is 0.299 e. The quantitative estimate of drug-likeness (QED) is 0.444. The zero-order valence-corrected chi connectivity index (χ0v) is 20.5. The lowest BCUT2D eigenvalue weighted by Gasteiger charge is -2.29. The van der Waals surface area contributed by atoms with Gasteiger partial charge in [-0.2, -0.15) is 5.10 Å². The minimum absolute atomic E-state index is 0.172. The minimum atomic E-state index is -0.227. The number of carbonyl (C=O) groups is 1. The Kier molecular flexibility index (Phi) is 8.92. The number of terminal acetylenes is 1. The highest BCUT2D eigenvalue weighted by Gasteiger charge is 2.43. The Hall–Kier alpha value is -3.01. The van der Waals surface area contributed by atoms with Gasteiger partial charge in [-0.25, -0.2) is 9.40 Å². The molecule has 1 aliphatic rings. The molecule has 6 heteroatoms. The summed E-state index contributed by atoms with van der Waals surface area (Å²) in [5.74, 6) is 8.37. The molecule has 1 saturated heterocycles. The second-order valence-corrected chi connectivity index (χ2v) is 8.88. The van der Waals surface area contributed by atoms with E-state index in [0.717, 1.165) is 41.7 Å². The molecule has 3 aromatic rings. The predicted octanol–water partition coefficient (Wildman–Crippen LogP) is 5.12. The molecule has 5 nitrogen and oxygen atoms in total. The van der Waals surface area contributed by atoms with Crippen LogP contribution in [0.25, 0.3) is 22.2 Å². The van der Waals surface area contributed by atoms with Gasteiger partial charge >= 0.3 is 0 Å². The van der Waals surface area contributed by atoms with Crippen molar-refractivity contribution in [1.29, 1.82) is 0 Å². The molecule has 1 atom stereocenters. The standard InChI is InChI=1S/C15H13FN2.C9H18N2O.C3H4/c1-10-3-8-14-13(9-10)15(17-18(14)2)11-4-6-12(16)7-5-11;1-7(2)9(8(3)12)4-5-11(10)6-9;1-3-2/h3-9H,1-2H3;7H,4-6,10H2,1-3H3;1H,2H3. The number of rotatable bonds is 3. The summed E-state index contributed by atoms with van der Waals surface area (Å²) in [6.07, 6.45) is 5.51. The van der Waals surface area contributed by atoms with E-state index in [1.54, 1.807) is 31.0 Å². The number of benzene rings is 2. The number of hydrogen-bond donors (Lipinski definition) is 1. The summed E-state index contributed by atoms with van der Waals surface area (Å²) in [4.78, 5) is 11.5. The van der Waals surface area contributed by atoms with Crippen LogP contribution in [-0.4, -0.2) is 33.7 Å². The lowest BCUT2D eigenvalue weighted by atomic mass is 9.73. The number of nitrogens with two attached hydrogens (primary N) is 1. The lowest BCUT2D eigenvalue weighted by Crippen LogP contribution is -2.39. The fourth-order valence-electron chi connectivity index (χ4n) is 4.23. The molecular weight excluding hydrogens is 415 g/mol. The molecule has 0 bridgehead atoms. The van der Waals surface area contributed by atoms with Crippen molar-refractivity contribution in [2.45, 2.75) is 41.0 Å². The third-order valence-corrected chi connectivity index (χ3v) is 6.26. The minimum Gasteiger partial charge on any atom is -0.299 e. The Morgan fingerprint density at radius 3 is 2.30 bits per heavy atom. The first kappa shape index (κ1) is 26.2. The second kappa shape index (κ2) is 11.2. The van der Waals surface area contributed by atoms with Crippen LogP contribution in [0.3, 0.4) is 0 Å². The number of Topliss-reactive ketones (excluding diaryl/α,β-unsaturated/α-hetero) is 1. The highest BCUT2D eigenvalue weighted by Crippen LogP contribution is 2.37. The van der Waals surface area contributed by atoms with Crippen LogP contribution in [0.2, 0.25) is 0 Å². The van der Waals surface area contributed by atoms with Crippen molar-refractivity contribution in [2.75, 3.05) is 13.1 Å². The molecule has 1 aliphatic heterocycles. The van der Waals surface area contributed by atoms with Gasteiger partial charge in [0.15, 0.2) is 0 Å². The highest BCUT2D eigenvalue weighted by atomic mass is 19.1. The summed E-state index contributed by atoms with van der Waals surface area (Å²) in [6.45, 7) is 11.2. The summed E-state index contributed by atoms with van der Waals surface area (Å²) >= 11 is 0. The molecule has 0 radical (unpaired) electrons. The van der Waals surface area contributed by atoms with Crippen LogP contribution in [0.15, 0.2) is 42.5 Å². The zero-order chi connectivity index (χ0) is 24.8. The average Bonchev–Trinajstić information content (AvgIpc) is 3.31. The van der Waals surface area contributed by atoms with E-state index in [1.807, 2.05) is 11.7 Å². The van der Waals surface area contributed by atoms with Crippen LogP contribution in [0.5, 0.6) is 0 Å². The fraction of sp³-hybridized carbons (Fsp3) is 0.407. The third kappa shape index (κ3) is 6.07. The van der Waals surface area contributed by atoms with E-state index in [4.69, 9.17) is 5.84 Å². The number of hydrogen-bond acceptors (Lipinski definition) is 4. The molecule has 4 rings (SSSR count). The second-order valence-electron chi connectivity index (χ2n) is 8.88. The van der Waals surface area contributed by atoms with Gasteiger partial charge in [0, 0.05) is 36.5 Å². The zero-order valence-electron chi connectivity index (χ0n) is 20.5. The van der Waals surface area contributed by atoms with Gasteiger partial charge < -0.3 is 0 Å². The number of aromatic nitrogens is 2. The third-order valence-electron chi connectivity index (χ3n) is 6.26.